The van der Waals surface area contributed by atoms with Gasteiger partial charge in [0, 0.05) is 12.0 Å². The molecule has 0 bridgehead atoms. The molecular formula is C9H8FNO2. The standard InChI is InChI=1S/C9H8FNO2/c10-6-1-2-9-7(5-6)8(11-12)3-4-13-9/h1-2,5,12H,3-4H2. The molecule has 2 rings (SSSR count). The van der Waals surface area contributed by atoms with Crippen molar-refractivity contribution in [2.45, 2.75) is 6.42 Å². The van der Waals surface area contributed by atoms with E-state index in [1.807, 2.05) is 0 Å². The average Bonchev–Trinajstić information content (AvgIpc) is 2.17. The molecule has 1 heterocycles. The molecule has 0 spiro atoms. The van der Waals surface area contributed by atoms with Gasteiger partial charge in [-0.15, -0.1) is 0 Å². The molecule has 1 N–H and O–H groups in total. The van der Waals surface area contributed by atoms with Crippen molar-refractivity contribution in [1.29, 1.82) is 0 Å². The maximum atomic E-state index is 12.8. The lowest BCUT2D eigenvalue weighted by Gasteiger charge is -2.17. The van der Waals surface area contributed by atoms with E-state index in [9.17, 15) is 4.39 Å². The first-order chi connectivity index (χ1) is 6.31. The molecule has 1 aliphatic rings. The van der Waals surface area contributed by atoms with Crippen LogP contribution in [0.15, 0.2) is 23.4 Å². The minimum Gasteiger partial charge on any atom is -0.492 e. The van der Waals surface area contributed by atoms with E-state index in [0.717, 1.165) is 0 Å². The molecule has 3 nitrogen and oxygen atoms in total. The molecule has 0 unspecified atom stereocenters. The third-order valence-corrected chi connectivity index (χ3v) is 1.97. The van der Waals surface area contributed by atoms with E-state index < -0.39 is 0 Å². The van der Waals surface area contributed by atoms with Gasteiger partial charge in [0.25, 0.3) is 0 Å². The Morgan fingerprint density at radius 1 is 1.46 bits per heavy atom. The van der Waals surface area contributed by atoms with E-state index in [0.29, 0.717) is 30.1 Å². The smallest absolute Gasteiger partial charge is 0.128 e. The summed E-state index contributed by atoms with van der Waals surface area (Å²) in [5, 5.41) is 11.7. The Balaban J connectivity index is 2.54. The second kappa shape index (κ2) is 3.05. The number of nitrogens with zero attached hydrogens (tertiary/aromatic N) is 1. The Labute approximate surface area is 74.4 Å². The first-order valence-corrected chi connectivity index (χ1v) is 3.95. The highest BCUT2D eigenvalue weighted by Gasteiger charge is 2.17. The van der Waals surface area contributed by atoms with Crippen molar-refractivity contribution in [1.82, 2.24) is 0 Å². The molecular weight excluding hydrogens is 173 g/mol. The van der Waals surface area contributed by atoms with Crippen molar-refractivity contribution in [3.63, 3.8) is 0 Å². The van der Waals surface area contributed by atoms with Gasteiger partial charge in [0.2, 0.25) is 0 Å². The largest absolute Gasteiger partial charge is 0.492 e. The lowest BCUT2D eigenvalue weighted by Crippen LogP contribution is -2.16. The Morgan fingerprint density at radius 3 is 3.08 bits per heavy atom. The summed E-state index contributed by atoms with van der Waals surface area (Å²) < 4.78 is 18.1. The van der Waals surface area contributed by atoms with Gasteiger partial charge in [-0.1, -0.05) is 5.16 Å². The molecule has 1 aliphatic heterocycles. The van der Waals surface area contributed by atoms with Crippen molar-refractivity contribution in [2.75, 3.05) is 6.61 Å². The van der Waals surface area contributed by atoms with E-state index >= 15 is 0 Å². The molecule has 0 saturated carbocycles. The van der Waals surface area contributed by atoms with Crippen LogP contribution in [-0.4, -0.2) is 17.5 Å². The van der Waals surface area contributed by atoms with Gasteiger partial charge in [0.05, 0.1) is 12.3 Å². The summed E-state index contributed by atoms with van der Waals surface area (Å²) in [6.45, 7) is 0.470. The normalized spacial score (nSPS) is 18.1. The minimum absolute atomic E-state index is 0.356. The van der Waals surface area contributed by atoms with Crippen LogP contribution in [0.1, 0.15) is 12.0 Å². The number of hydrogen-bond acceptors (Lipinski definition) is 3. The summed E-state index contributed by atoms with van der Waals surface area (Å²) >= 11 is 0. The van der Waals surface area contributed by atoms with Crippen LogP contribution in [0, 0.1) is 5.82 Å². The predicted octanol–water partition coefficient (Wildman–Crippen LogP) is 1.79. The lowest BCUT2D eigenvalue weighted by atomic mass is 10.0. The van der Waals surface area contributed by atoms with Crippen LogP contribution in [-0.2, 0) is 0 Å². The summed E-state index contributed by atoms with van der Waals surface area (Å²) in [5.41, 5.74) is 1.01. The Bertz CT molecular complexity index is 363. The molecule has 0 saturated heterocycles. The maximum Gasteiger partial charge on any atom is 0.128 e. The zero-order chi connectivity index (χ0) is 9.26. The highest BCUT2D eigenvalue weighted by molar-refractivity contribution is 6.03. The highest BCUT2D eigenvalue weighted by atomic mass is 19.1. The van der Waals surface area contributed by atoms with E-state index in [4.69, 9.17) is 9.94 Å². The SMILES string of the molecule is ON=C1CCOc2ccc(F)cc21. The number of benzene rings is 1. The van der Waals surface area contributed by atoms with Crippen molar-refractivity contribution >= 4 is 5.71 Å². The number of ether oxygens (including phenoxy) is 1. The number of rotatable bonds is 0. The summed E-state index contributed by atoms with van der Waals surface area (Å²) in [6, 6.07) is 4.16. The molecule has 1 aromatic carbocycles. The molecule has 0 amide bonds. The van der Waals surface area contributed by atoms with Crippen molar-refractivity contribution in [2.24, 2.45) is 5.16 Å². The summed E-state index contributed by atoms with van der Waals surface area (Å²) in [5.74, 6) is 0.214. The van der Waals surface area contributed by atoms with Crippen molar-refractivity contribution < 1.29 is 14.3 Å². The van der Waals surface area contributed by atoms with Gasteiger partial charge in [-0.2, -0.15) is 0 Å². The van der Waals surface area contributed by atoms with Gasteiger partial charge in [-0.3, -0.25) is 0 Å². The van der Waals surface area contributed by atoms with Gasteiger partial charge >= 0.3 is 0 Å². The second-order valence-electron chi connectivity index (χ2n) is 2.79. The minimum atomic E-state index is -0.356. The van der Waals surface area contributed by atoms with Crippen LogP contribution in [0.25, 0.3) is 0 Å². The van der Waals surface area contributed by atoms with E-state index in [2.05, 4.69) is 5.16 Å². The fourth-order valence-corrected chi connectivity index (χ4v) is 1.35. The van der Waals surface area contributed by atoms with Crippen LogP contribution in [0.2, 0.25) is 0 Å². The van der Waals surface area contributed by atoms with Crippen LogP contribution in [0.3, 0.4) is 0 Å². The molecule has 4 heteroatoms. The second-order valence-corrected chi connectivity index (χ2v) is 2.79. The van der Waals surface area contributed by atoms with Crippen LogP contribution >= 0.6 is 0 Å². The Hall–Kier alpha value is -1.58. The lowest BCUT2D eigenvalue weighted by molar-refractivity contribution is 0.297. The topological polar surface area (TPSA) is 41.8 Å². The van der Waals surface area contributed by atoms with Gasteiger partial charge < -0.3 is 9.94 Å². The third kappa shape index (κ3) is 1.35. The van der Waals surface area contributed by atoms with Crippen LogP contribution < -0.4 is 4.74 Å². The van der Waals surface area contributed by atoms with Crippen molar-refractivity contribution in [3.05, 3.63) is 29.6 Å². The monoisotopic (exact) mass is 181 g/mol. The summed E-state index contributed by atoms with van der Waals surface area (Å²) in [6.07, 6.45) is 0.507. The zero-order valence-corrected chi connectivity index (χ0v) is 6.83. The molecule has 68 valence electrons. The van der Waals surface area contributed by atoms with E-state index in [1.54, 1.807) is 0 Å². The van der Waals surface area contributed by atoms with E-state index in [1.165, 1.54) is 18.2 Å². The van der Waals surface area contributed by atoms with Crippen LogP contribution in [0.4, 0.5) is 4.39 Å². The first kappa shape index (κ1) is 8.04. The first-order valence-electron chi connectivity index (χ1n) is 3.95. The van der Waals surface area contributed by atoms with Gasteiger partial charge in [0.1, 0.15) is 11.6 Å². The number of hydrogen-bond donors (Lipinski definition) is 1. The zero-order valence-electron chi connectivity index (χ0n) is 6.83. The molecule has 1 aromatic rings. The molecule has 0 aliphatic carbocycles. The maximum absolute atomic E-state index is 12.8. The van der Waals surface area contributed by atoms with Gasteiger partial charge in [0.15, 0.2) is 0 Å². The predicted molar refractivity (Wildman–Crippen MR) is 44.8 cm³/mol. The Kier molecular flexibility index (Phi) is 1.88. The highest BCUT2D eigenvalue weighted by Crippen LogP contribution is 2.25. The van der Waals surface area contributed by atoms with Crippen LogP contribution in [0.5, 0.6) is 5.75 Å². The fourth-order valence-electron chi connectivity index (χ4n) is 1.35. The average molecular weight is 181 g/mol. The molecule has 13 heavy (non-hydrogen) atoms. The molecule has 0 aromatic heterocycles. The third-order valence-electron chi connectivity index (χ3n) is 1.97. The molecule has 0 radical (unpaired) electrons. The van der Waals surface area contributed by atoms with E-state index in [-0.39, 0.29) is 5.82 Å². The van der Waals surface area contributed by atoms with Crippen molar-refractivity contribution in [3.8, 4) is 5.75 Å². The summed E-state index contributed by atoms with van der Waals surface area (Å²) in [7, 11) is 0. The number of fused-ring (bicyclic) bond motifs is 1. The quantitative estimate of drug-likeness (QED) is 0.489. The number of halogens is 1. The number of oxime groups is 1. The summed E-state index contributed by atoms with van der Waals surface area (Å²) in [4.78, 5) is 0. The molecule has 0 atom stereocenters. The Morgan fingerprint density at radius 2 is 2.31 bits per heavy atom. The molecule has 0 fully saturated rings. The fraction of sp³-hybridized carbons (Fsp3) is 0.222. The van der Waals surface area contributed by atoms with Gasteiger partial charge in [-0.05, 0) is 18.2 Å². The van der Waals surface area contributed by atoms with Gasteiger partial charge in [-0.25, -0.2) is 4.39 Å².